The van der Waals surface area contributed by atoms with Crippen molar-refractivity contribution in [3.63, 3.8) is 0 Å². The lowest BCUT2D eigenvalue weighted by atomic mass is 10.0. The second-order valence-corrected chi connectivity index (χ2v) is 4.37. The summed E-state index contributed by atoms with van der Waals surface area (Å²) in [4.78, 5) is 0. The molecular weight excluding hydrogens is 240 g/mol. The van der Waals surface area contributed by atoms with Crippen LogP contribution in [0.4, 0.5) is 0 Å². The Bertz CT molecular complexity index is 686. The zero-order valence-corrected chi connectivity index (χ0v) is 10.5. The molecule has 1 atom stereocenters. The van der Waals surface area contributed by atoms with E-state index in [9.17, 15) is 5.11 Å². The fourth-order valence-electron chi connectivity index (χ4n) is 2.18. The highest BCUT2D eigenvalue weighted by molar-refractivity contribution is 5.83. The largest absolute Gasteiger partial charge is 0.497 e. The molecule has 19 heavy (non-hydrogen) atoms. The summed E-state index contributed by atoms with van der Waals surface area (Å²) in [6, 6.07) is 15.1. The Balaban J connectivity index is 2.09. The van der Waals surface area contributed by atoms with E-state index in [2.05, 4.69) is 0 Å². The number of methoxy groups -OCH3 is 1. The van der Waals surface area contributed by atoms with Crippen LogP contribution in [-0.4, -0.2) is 12.2 Å². The normalized spacial score (nSPS) is 12.5. The fourth-order valence-corrected chi connectivity index (χ4v) is 2.18. The second-order valence-electron chi connectivity index (χ2n) is 4.37. The molecule has 96 valence electrons. The molecular formula is C16H14O3. The Morgan fingerprint density at radius 3 is 2.63 bits per heavy atom. The Labute approximate surface area is 111 Å². The molecule has 1 heterocycles. The first-order chi connectivity index (χ1) is 9.29. The van der Waals surface area contributed by atoms with Gasteiger partial charge in [0.05, 0.1) is 13.4 Å². The van der Waals surface area contributed by atoms with Gasteiger partial charge in [-0.25, -0.2) is 0 Å². The van der Waals surface area contributed by atoms with Crippen molar-refractivity contribution in [3.8, 4) is 5.75 Å². The number of fused-ring (bicyclic) bond motifs is 1. The van der Waals surface area contributed by atoms with Crippen molar-refractivity contribution in [2.45, 2.75) is 6.10 Å². The van der Waals surface area contributed by atoms with Crippen LogP contribution in [-0.2, 0) is 0 Å². The maximum Gasteiger partial charge on any atom is 0.134 e. The Kier molecular flexibility index (Phi) is 2.97. The van der Waals surface area contributed by atoms with E-state index >= 15 is 0 Å². The van der Waals surface area contributed by atoms with Gasteiger partial charge in [-0.05, 0) is 23.8 Å². The summed E-state index contributed by atoms with van der Waals surface area (Å²) < 4.78 is 10.7. The first-order valence-electron chi connectivity index (χ1n) is 6.08. The van der Waals surface area contributed by atoms with Gasteiger partial charge in [0.25, 0.3) is 0 Å². The van der Waals surface area contributed by atoms with Gasteiger partial charge in [0.1, 0.15) is 17.4 Å². The van der Waals surface area contributed by atoms with Crippen molar-refractivity contribution in [3.05, 3.63) is 65.9 Å². The van der Waals surface area contributed by atoms with E-state index < -0.39 is 6.10 Å². The van der Waals surface area contributed by atoms with E-state index in [1.165, 1.54) is 0 Å². The molecule has 0 amide bonds. The molecule has 3 nitrogen and oxygen atoms in total. The van der Waals surface area contributed by atoms with Crippen LogP contribution in [0, 0.1) is 0 Å². The predicted molar refractivity (Wildman–Crippen MR) is 73.3 cm³/mol. The van der Waals surface area contributed by atoms with E-state index in [1.54, 1.807) is 13.4 Å². The molecule has 0 aliphatic carbocycles. The molecule has 1 N–H and O–H groups in total. The summed E-state index contributed by atoms with van der Waals surface area (Å²) in [5.41, 5.74) is 2.33. The van der Waals surface area contributed by atoms with Crippen molar-refractivity contribution in [1.29, 1.82) is 0 Å². The highest BCUT2D eigenvalue weighted by Crippen LogP contribution is 2.32. The third-order valence-corrected chi connectivity index (χ3v) is 3.22. The number of hydrogen-bond donors (Lipinski definition) is 1. The van der Waals surface area contributed by atoms with Gasteiger partial charge in [-0.3, -0.25) is 0 Å². The SMILES string of the molecule is COc1ccc2occ([C@H](O)c3ccccc3)c2c1. The minimum atomic E-state index is -0.699. The number of aliphatic hydroxyl groups is 1. The van der Waals surface area contributed by atoms with Gasteiger partial charge in [0.2, 0.25) is 0 Å². The van der Waals surface area contributed by atoms with Gasteiger partial charge in [-0.2, -0.15) is 0 Å². The van der Waals surface area contributed by atoms with E-state index in [0.717, 1.165) is 27.8 Å². The molecule has 0 saturated carbocycles. The maximum atomic E-state index is 10.4. The van der Waals surface area contributed by atoms with Gasteiger partial charge >= 0.3 is 0 Å². The Hall–Kier alpha value is -2.26. The lowest BCUT2D eigenvalue weighted by Crippen LogP contribution is -1.98. The van der Waals surface area contributed by atoms with E-state index in [0.29, 0.717) is 0 Å². The van der Waals surface area contributed by atoms with Crippen LogP contribution < -0.4 is 4.74 Å². The first-order valence-corrected chi connectivity index (χ1v) is 6.08. The average molecular weight is 254 g/mol. The lowest BCUT2D eigenvalue weighted by Gasteiger charge is -2.09. The summed E-state index contributed by atoms with van der Waals surface area (Å²) in [5, 5.41) is 11.3. The molecule has 0 unspecified atom stereocenters. The number of benzene rings is 2. The van der Waals surface area contributed by atoms with Gasteiger partial charge < -0.3 is 14.3 Å². The first kappa shape index (κ1) is 11.8. The molecule has 3 aromatic rings. The monoisotopic (exact) mass is 254 g/mol. The van der Waals surface area contributed by atoms with Crippen molar-refractivity contribution >= 4 is 11.0 Å². The molecule has 0 radical (unpaired) electrons. The Morgan fingerprint density at radius 1 is 1.11 bits per heavy atom. The predicted octanol–water partition coefficient (Wildman–Crippen LogP) is 3.52. The van der Waals surface area contributed by atoms with Crippen LogP contribution in [0.1, 0.15) is 17.2 Å². The molecule has 3 rings (SSSR count). The number of rotatable bonds is 3. The van der Waals surface area contributed by atoms with E-state index in [4.69, 9.17) is 9.15 Å². The summed E-state index contributed by atoms with van der Waals surface area (Å²) >= 11 is 0. The highest BCUT2D eigenvalue weighted by atomic mass is 16.5. The molecule has 0 bridgehead atoms. The maximum absolute atomic E-state index is 10.4. The quantitative estimate of drug-likeness (QED) is 0.777. The summed E-state index contributed by atoms with van der Waals surface area (Å²) in [6.45, 7) is 0. The highest BCUT2D eigenvalue weighted by Gasteiger charge is 2.16. The molecule has 0 aliphatic heterocycles. The van der Waals surface area contributed by atoms with Gasteiger partial charge in [-0.15, -0.1) is 0 Å². The average Bonchev–Trinajstić information content (AvgIpc) is 2.90. The number of ether oxygens (including phenoxy) is 1. The van der Waals surface area contributed by atoms with Crippen molar-refractivity contribution in [2.24, 2.45) is 0 Å². The van der Waals surface area contributed by atoms with Crippen LogP contribution in [0.15, 0.2) is 59.2 Å². The van der Waals surface area contributed by atoms with Crippen LogP contribution in [0.25, 0.3) is 11.0 Å². The van der Waals surface area contributed by atoms with Crippen molar-refractivity contribution < 1.29 is 14.3 Å². The van der Waals surface area contributed by atoms with Gasteiger partial charge in [0, 0.05) is 10.9 Å². The van der Waals surface area contributed by atoms with E-state index in [1.807, 2.05) is 48.5 Å². The minimum Gasteiger partial charge on any atom is -0.497 e. The molecule has 1 aromatic heterocycles. The van der Waals surface area contributed by atoms with Crippen molar-refractivity contribution in [1.82, 2.24) is 0 Å². The third-order valence-electron chi connectivity index (χ3n) is 3.22. The third kappa shape index (κ3) is 2.09. The van der Waals surface area contributed by atoms with E-state index in [-0.39, 0.29) is 0 Å². The van der Waals surface area contributed by atoms with Crippen LogP contribution in [0.5, 0.6) is 5.75 Å². The van der Waals surface area contributed by atoms with Crippen LogP contribution in [0.3, 0.4) is 0 Å². The molecule has 0 spiro atoms. The topological polar surface area (TPSA) is 42.6 Å². The van der Waals surface area contributed by atoms with Crippen LogP contribution in [0.2, 0.25) is 0 Å². The molecule has 2 aromatic carbocycles. The van der Waals surface area contributed by atoms with Gasteiger partial charge in [-0.1, -0.05) is 30.3 Å². The van der Waals surface area contributed by atoms with Crippen molar-refractivity contribution in [2.75, 3.05) is 7.11 Å². The Morgan fingerprint density at radius 2 is 1.89 bits per heavy atom. The second kappa shape index (κ2) is 4.78. The number of furan rings is 1. The summed E-state index contributed by atoms with van der Waals surface area (Å²) in [6.07, 6.45) is 0.899. The zero-order chi connectivity index (χ0) is 13.2. The summed E-state index contributed by atoms with van der Waals surface area (Å²) in [5.74, 6) is 0.746. The molecule has 0 saturated heterocycles. The fraction of sp³-hybridized carbons (Fsp3) is 0.125. The van der Waals surface area contributed by atoms with Gasteiger partial charge in [0.15, 0.2) is 0 Å². The smallest absolute Gasteiger partial charge is 0.134 e. The number of hydrogen-bond acceptors (Lipinski definition) is 3. The lowest BCUT2D eigenvalue weighted by molar-refractivity contribution is 0.220. The molecule has 3 heteroatoms. The molecule has 0 aliphatic rings. The standard InChI is InChI=1S/C16H14O3/c1-18-12-7-8-15-13(9-12)14(10-19-15)16(17)11-5-3-2-4-6-11/h2-10,16-17H,1H3/t16-/m1/s1. The van der Waals surface area contributed by atoms with Crippen LogP contribution >= 0.6 is 0 Å². The number of aliphatic hydroxyl groups excluding tert-OH is 1. The minimum absolute atomic E-state index is 0.699. The molecule has 0 fully saturated rings. The summed E-state index contributed by atoms with van der Waals surface area (Å²) in [7, 11) is 1.62. The zero-order valence-electron chi connectivity index (χ0n) is 10.5.